The molecule has 0 rings (SSSR count). The van der Waals surface area contributed by atoms with Crippen molar-refractivity contribution in [1.82, 2.24) is 0 Å². The monoisotopic (exact) mass is 120 g/mol. The van der Waals surface area contributed by atoms with Crippen molar-refractivity contribution in [3.05, 3.63) is 0 Å². The second kappa shape index (κ2) is 4.13. The number of hydrogen-bond acceptors (Lipinski definition) is 0. The first kappa shape index (κ1) is 6.96. The highest BCUT2D eigenvalue weighted by molar-refractivity contribution is 6.18. The fourth-order valence-corrected chi connectivity index (χ4v) is 0.405. The average Bonchev–Trinajstić information content (AvgIpc) is 1.61. The molecule has 7 heavy (non-hydrogen) atoms. The van der Waals surface area contributed by atoms with Gasteiger partial charge in [0.25, 0.3) is 0 Å². The van der Waals surface area contributed by atoms with E-state index in [0.29, 0.717) is 0 Å². The minimum atomic E-state index is 0.720. The van der Waals surface area contributed by atoms with E-state index in [2.05, 4.69) is 0 Å². The van der Waals surface area contributed by atoms with Crippen LogP contribution in [0.15, 0.2) is 0 Å². The Balaban J connectivity index is 3.08. The fraction of sp³-hybridized carbons (Fsp3) is 0.800. The van der Waals surface area contributed by atoms with Gasteiger partial charge in [-0.05, 0) is 0 Å². The van der Waals surface area contributed by atoms with Crippen molar-refractivity contribution in [2.24, 2.45) is 0 Å². The van der Waals surface area contributed by atoms with Crippen molar-refractivity contribution in [1.29, 1.82) is 0 Å². The van der Waals surface area contributed by atoms with E-state index in [4.69, 9.17) is 11.6 Å². The zero-order chi connectivity index (χ0) is 5.70. The zero-order valence-electron chi connectivity index (χ0n) is 4.82. The standard InChI is InChI=1S/C5H11ClN/c1-7(2)5-3-4-6/h5H,3-4H2,1-2H3/q+1. The Morgan fingerprint density at radius 2 is 2.14 bits per heavy atom. The normalized spacial score (nSPS) is 8.43. The van der Waals surface area contributed by atoms with Crippen molar-refractivity contribution in [2.75, 3.05) is 20.0 Å². The third-order valence-electron chi connectivity index (χ3n) is 0.603. The van der Waals surface area contributed by atoms with E-state index in [1.165, 1.54) is 0 Å². The van der Waals surface area contributed by atoms with E-state index in [0.717, 1.165) is 12.3 Å². The zero-order valence-corrected chi connectivity index (χ0v) is 5.57. The van der Waals surface area contributed by atoms with Crippen LogP contribution in [0.2, 0.25) is 0 Å². The Morgan fingerprint density at radius 3 is 2.29 bits per heavy atom. The maximum atomic E-state index is 5.39. The Bertz CT molecular complexity index is 64.5. The van der Waals surface area contributed by atoms with Gasteiger partial charge in [0.1, 0.15) is 20.3 Å². The summed E-state index contributed by atoms with van der Waals surface area (Å²) in [6.07, 6.45) is 3.02. The summed E-state index contributed by atoms with van der Waals surface area (Å²) >= 11 is 5.39. The molecule has 0 amide bonds. The molecule has 0 fully saturated rings. The molecule has 0 aromatic rings. The highest BCUT2D eigenvalue weighted by Gasteiger charge is 1.80. The number of rotatable bonds is 2. The van der Waals surface area contributed by atoms with E-state index in [-0.39, 0.29) is 0 Å². The maximum Gasteiger partial charge on any atom is 0.140 e. The molecule has 0 N–H and O–H groups in total. The van der Waals surface area contributed by atoms with E-state index in [1.54, 1.807) is 0 Å². The van der Waals surface area contributed by atoms with Gasteiger partial charge in [-0.2, -0.15) is 0 Å². The molecule has 0 unspecified atom stereocenters. The lowest BCUT2D eigenvalue weighted by Gasteiger charge is -1.80. The topological polar surface area (TPSA) is 3.01 Å². The van der Waals surface area contributed by atoms with Gasteiger partial charge in [0.2, 0.25) is 0 Å². The Kier molecular flexibility index (Phi) is 4.10. The molecule has 2 heteroatoms. The van der Waals surface area contributed by atoms with Gasteiger partial charge in [0, 0.05) is 12.3 Å². The lowest BCUT2D eigenvalue weighted by atomic mass is 10.5. The van der Waals surface area contributed by atoms with Gasteiger partial charge < -0.3 is 0 Å². The highest BCUT2D eigenvalue weighted by atomic mass is 35.5. The van der Waals surface area contributed by atoms with Crippen LogP contribution in [0.4, 0.5) is 0 Å². The maximum absolute atomic E-state index is 5.39. The molecule has 0 spiro atoms. The summed E-state index contributed by atoms with van der Waals surface area (Å²) in [7, 11) is 3.99. The summed E-state index contributed by atoms with van der Waals surface area (Å²) in [6, 6.07) is 0. The lowest BCUT2D eigenvalue weighted by Crippen LogP contribution is -1.97. The van der Waals surface area contributed by atoms with Gasteiger partial charge >= 0.3 is 0 Å². The molecule has 0 aromatic heterocycles. The number of alkyl halides is 1. The van der Waals surface area contributed by atoms with Gasteiger partial charge in [0.05, 0.1) is 0 Å². The molecule has 0 saturated carbocycles. The summed E-state index contributed by atoms with van der Waals surface area (Å²) in [4.78, 5) is 0. The molecule has 1 nitrogen and oxygen atoms in total. The highest BCUT2D eigenvalue weighted by Crippen LogP contribution is 1.76. The van der Waals surface area contributed by atoms with Gasteiger partial charge in [0.15, 0.2) is 0 Å². The van der Waals surface area contributed by atoms with Gasteiger partial charge in [-0.3, -0.25) is 0 Å². The first-order chi connectivity index (χ1) is 3.27. The summed E-state index contributed by atoms with van der Waals surface area (Å²) in [5.74, 6) is 0.720. The fourth-order valence-electron chi connectivity index (χ4n) is 0.307. The van der Waals surface area contributed by atoms with Gasteiger partial charge in [-0.25, -0.2) is 4.58 Å². The molecule has 0 aliphatic carbocycles. The van der Waals surface area contributed by atoms with Crippen LogP contribution in [0, 0.1) is 0 Å². The number of hydrogen-bond donors (Lipinski definition) is 0. The largest absolute Gasteiger partial charge is 0.245 e. The second-order valence-electron chi connectivity index (χ2n) is 1.62. The Morgan fingerprint density at radius 1 is 1.57 bits per heavy atom. The van der Waals surface area contributed by atoms with Crippen LogP contribution in [0.5, 0.6) is 0 Å². The van der Waals surface area contributed by atoms with E-state index >= 15 is 0 Å². The van der Waals surface area contributed by atoms with Crippen LogP contribution >= 0.6 is 11.6 Å². The Labute approximate surface area is 49.6 Å². The molecule has 42 valence electrons. The molecule has 0 aromatic carbocycles. The van der Waals surface area contributed by atoms with Crippen LogP contribution in [-0.4, -0.2) is 30.8 Å². The summed E-state index contributed by atoms with van der Waals surface area (Å²) < 4.78 is 2.00. The van der Waals surface area contributed by atoms with Crippen molar-refractivity contribution in [2.45, 2.75) is 6.42 Å². The lowest BCUT2D eigenvalue weighted by molar-refractivity contribution is -0.460. The first-order valence-corrected chi connectivity index (χ1v) is 2.86. The van der Waals surface area contributed by atoms with Crippen molar-refractivity contribution in [3.8, 4) is 0 Å². The molecule has 0 aliphatic rings. The van der Waals surface area contributed by atoms with Crippen LogP contribution in [0.3, 0.4) is 0 Å². The van der Waals surface area contributed by atoms with Crippen LogP contribution in [-0.2, 0) is 0 Å². The molecular weight excluding hydrogens is 110 g/mol. The quantitative estimate of drug-likeness (QED) is 0.290. The summed E-state index contributed by atoms with van der Waals surface area (Å²) in [5, 5.41) is 0. The van der Waals surface area contributed by atoms with Crippen LogP contribution in [0.25, 0.3) is 0 Å². The molecular formula is C5H11ClN+. The van der Waals surface area contributed by atoms with E-state index < -0.39 is 0 Å². The van der Waals surface area contributed by atoms with Gasteiger partial charge in [-0.15, -0.1) is 11.6 Å². The number of nitrogens with zero attached hydrogens (tertiary/aromatic N) is 1. The second-order valence-corrected chi connectivity index (χ2v) is 2.00. The molecule has 0 bridgehead atoms. The molecule has 0 aliphatic heterocycles. The molecule has 0 radical (unpaired) electrons. The third-order valence-corrected chi connectivity index (χ3v) is 0.822. The van der Waals surface area contributed by atoms with Crippen molar-refractivity contribution >= 4 is 17.8 Å². The predicted octanol–water partition coefficient (Wildman–Crippen LogP) is 0.958. The molecule has 0 heterocycles. The van der Waals surface area contributed by atoms with Crippen molar-refractivity contribution < 1.29 is 4.58 Å². The van der Waals surface area contributed by atoms with Crippen molar-refractivity contribution in [3.63, 3.8) is 0 Å². The molecule has 0 atom stereocenters. The van der Waals surface area contributed by atoms with Gasteiger partial charge in [-0.1, -0.05) is 0 Å². The first-order valence-electron chi connectivity index (χ1n) is 2.33. The van der Waals surface area contributed by atoms with Crippen LogP contribution in [0.1, 0.15) is 6.42 Å². The number of halogens is 1. The molecule has 0 saturated heterocycles. The average molecular weight is 121 g/mol. The summed E-state index contributed by atoms with van der Waals surface area (Å²) in [5.41, 5.74) is 0. The minimum absolute atomic E-state index is 0.720. The third kappa shape index (κ3) is 5.96. The van der Waals surface area contributed by atoms with E-state index in [1.807, 2.05) is 24.9 Å². The predicted molar refractivity (Wildman–Crippen MR) is 33.5 cm³/mol. The summed E-state index contributed by atoms with van der Waals surface area (Å²) in [6.45, 7) is 0. The SMILES string of the molecule is C[N+](C)=CCCCl. The van der Waals surface area contributed by atoms with E-state index in [9.17, 15) is 0 Å². The minimum Gasteiger partial charge on any atom is -0.245 e. The van der Waals surface area contributed by atoms with Crippen LogP contribution < -0.4 is 0 Å². The Hall–Kier alpha value is -0.0400. The smallest absolute Gasteiger partial charge is 0.140 e.